The Bertz CT molecular complexity index is 714. The maximum Gasteiger partial charge on any atom is 0.306 e. The van der Waals surface area contributed by atoms with Crippen LogP contribution in [-0.2, 0) is 14.3 Å². The summed E-state index contributed by atoms with van der Waals surface area (Å²) < 4.78 is 18.9. The number of ether oxygens (including phenoxy) is 3. The predicted octanol–water partition coefficient (Wildman–Crippen LogP) is 2.88. The summed E-state index contributed by atoms with van der Waals surface area (Å²) >= 11 is 0. The van der Waals surface area contributed by atoms with Crippen molar-refractivity contribution in [1.82, 2.24) is 9.55 Å². The summed E-state index contributed by atoms with van der Waals surface area (Å²) in [6.07, 6.45) is 8.92. The zero-order chi connectivity index (χ0) is 19.9. The molecule has 0 spiro atoms. The SMILES string of the molecule is CCCCCCCCCCC(=O)O[C@H]1[C@@H]2Oc3nc(=N)ccn3[C@@H]2O[C@@H]1CO.Cl. The van der Waals surface area contributed by atoms with Crippen molar-refractivity contribution < 1.29 is 24.1 Å². The van der Waals surface area contributed by atoms with Gasteiger partial charge in [-0.1, -0.05) is 51.9 Å². The lowest BCUT2D eigenvalue weighted by atomic mass is 10.1. The Kier molecular flexibility index (Phi) is 9.39. The number of aliphatic hydroxyl groups is 1. The van der Waals surface area contributed by atoms with Gasteiger partial charge in [-0.3, -0.25) is 14.8 Å². The summed E-state index contributed by atoms with van der Waals surface area (Å²) in [5.74, 6) is -0.294. The predicted molar refractivity (Wildman–Crippen MR) is 108 cm³/mol. The Labute approximate surface area is 177 Å². The molecule has 0 unspecified atom stereocenters. The van der Waals surface area contributed by atoms with Crippen LogP contribution in [0.5, 0.6) is 6.01 Å². The van der Waals surface area contributed by atoms with E-state index in [1.165, 1.54) is 38.2 Å². The molecule has 3 rings (SSSR count). The van der Waals surface area contributed by atoms with Crippen molar-refractivity contribution in [2.24, 2.45) is 0 Å². The normalized spacial score (nSPS) is 24.3. The van der Waals surface area contributed by atoms with Gasteiger partial charge < -0.3 is 19.3 Å². The number of aliphatic hydroxyl groups excluding tert-OH is 1. The van der Waals surface area contributed by atoms with Gasteiger partial charge in [0.15, 0.2) is 23.9 Å². The van der Waals surface area contributed by atoms with Crippen LogP contribution in [0.2, 0.25) is 0 Å². The van der Waals surface area contributed by atoms with Crippen LogP contribution in [0, 0.1) is 5.41 Å². The molecule has 2 aliphatic rings. The molecule has 0 amide bonds. The highest BCUT2D eigenvalue weighted by Gasteiger charge is 2.53. The number of carbonyl (C=O) groups excluding carboxylic acids is 1. The second kappa shape index (κ2) is 11.5. The van der Waals surface area contributed by atoms with Crippen LogP contribution in [-0.4, -0.2) is 45.5 Å². The third-order valence-corrected chi connectivity index (χ3v) is 5.31. The van der Waals surface area contributed by atoms with E-state index in [-0.39, 0.29) is 36.5 Å². The fourth-order valence-corrected chi connectivity index (χ4v) is 3.78. The van der Waals surface area contributed by atoms with Crippen molar-refractivity contribution in [3.8, 4) is 6.01 Å². The molecule has 2 N–H and O–H groups in total. The molecule has 1 aromatic heterocycles. The lowest BCUT2D eigenvalue weighted by Gasteiger charge is -2.20. The highest BCUT2D eigenvalue weighted by atomic mass is 35.5. The van der Waals surface area contributed by atoms with E-state index in [1.54, 1.807) is 10.8 Å². The Morgan fingerprint density at radius 3 is 2.62 bits per heavy atom. The number of hydrogen-bond acceptors (Lipinski definition) is 7. The summed E-state index contributed by atoms with van der Waals surface area (Å²) in [6, 6.07) is 1.80. The van der Waals surface area contributed by atoms with Crippen LogP contribution in [0.3, 0.4) is 0 Å². The van der Waals surface area contributed by atoms with E-state index in [2.05, 4.69) is 11.9 Å². The summed E-state index contributed by atoms with van der Waals surface area (Å²) in [4.78, 5) is 16.3. The monoisotopic (exact) mass is 429 g/mol. The minimum absolute atomic E-state index is 0. The van der Waals surface area contributed by atoms with Gasteiger partial charge in [0.2, 0.25) is 0 Å². The third kappa shape index (κ3) is 5.93. The second-order valence-electron chi connectivity index (χ2n) is 7.51. The number of hydrogen-bond donors (Lipinski definition) is 2. The van der Waals surface area contributed by atoms with Crippen LogP contribution in [0.4, 0.5) is 0 Å². The molecule has 164 valence electrons. The van der Waals surface area contributed by atoms with Crippen molar-refractivity contribution in [3.63, 3.8) is 0 Å². The molecule has 0 aromatic carbocycles. The van der Waals surface area contributed by atoms with Crippen molar-refractivity contribution in [2.75, 3.05) is 6.61 Å². The van der Waals surface area contributed by atoms with E-state index in [9.17, 15) is 9.90 Å². The molecule has 0 saturated carbocycles. The molecule has 0 radical (unpaired) electrons. The largest absolute Gasteiger partial charge is 0.455 e. The molecule has 29 heavy (non-hydrogen) atoms. The fourth-order valence-electron chi connectivity index (χ4n) is 3.78. The quantitative estimate of drug-likeness (QED) is 0.413. The van der Waals surface area contributed by atoms with Gasteiger partial charge in [-0.15, -0.1) is 12.4 Å². The van der Waals surface area contributed by atoms with Crippen molar-refractivity contribution in [2.45, 2.75) is 89.3 Å². The first-order valence-electron chi connectivity index (χ1n) is 10.4. The van der Waals surface area contributed by atoms with Crippen molar-refractivity contribution in [1.29, 1.82) is 5.41 Å². The molecule has 1 saturated heterocycles. The highest BCUT2D eigenvalue weighted by Crippen LogP contribution is 2.40. The minimum atomic E-state index is -0.688. The summed E-state index contributed by atoms with van der Waals surface area (Å²) in [5, 5.41) is 17.2. The molecule has 4 atom stereocenters. The first-order chi connectivity index (χ1) is 13.6. The first-order valence-corrected chi connectivity index (χ1v) is 10.4. The highest BCUT2D eigenvalue weighted by molar-refractivity contribution is 5.85. The molecule has 9 heteroatoms. The van der Waals surface area contributed by atoms with Gasteiger partial charge in [0, 0.05) is 12.6 Å². The number of rotatable bonds is 11. The van der Waals surface area contributed by atoms with E-state index in [0.29, 0.717) is 6.42 Å². The Hall–Kier alpha value is -1.64. The van der Waals surface area contributed by atoms with E-state index in [4.69, 9.17) is 19.6 Å². The molecule has 8 nitrogen and oxygen atoms in total. The number of halogens is 1. The number of nitrogens with zero attached hydrogens (tertiary/aromatic N) is 2. The summed E-state index contributed by atoms with van der Waals surface area (Å²) in [6.45, 7) is 1.95. The average Bonchev–Trinajstić information content (AvgIpc) is 3.19. The molecule has 1 fully saturated rings. The summed E-state index contributed by atoms with van der Waals surface area (Å²) in [7, 11) is 0. The van der Waals surface area contributed by atoms with Crippen LogP contribution in [0.25, 0.3) is 0 Å². The average molecular weight is 430 g/mol. The van der Waals surface area contributed by atoms with Crippen LogP contribution < -0.4 is 10.2 Å². The van der Waals surface area contributed by atoms with Crippen molar-refractivity contribution in [3.05, 3.63) is 17.8 Å². The molecular weight excluding hydrogens is 398 g/mol. The van der Waals surface area contributed by atoms with Gasteiger partial charge in [0.1, 0.15) is 6.10 Å². The zero-order valence-electron chi connectivity index (χ0n) is 16.9. The van der Waals surface area contributed by atoms with E-state index in [0.717, 1.165) is 19.3 Å². The fraction of sp³-hybridized carbons (Fsp3) is 0.750. The first kappa shape index (κ1) is 23.6. The topological polar surface area (TPSA) is 107 Å². The molecule has 1 aromatic rings. The molecule has 3 heterocycles. The maximum atomic E-state index is 12.3. The van der Waals surface area contributed by atoms with E-state index in [1.807, 2.05) is 0 Å². The van der Waals surface area contributed by atoms with Crippen LogP contribution in [0.1, 0.15) is 70.9 Å². The molecular formula is C20H32ClN3O5. The third-order valence-electron chi connectivity index (χ3n) is 5.31. The molecule has 0 aliphatic carbocycles. The summed E-state index contributed by atoms with van der Waals surface area (Å²) in [5.41, 5.74) is 0.0909. The number of esters is 1. The number of nitrogens with one attached hydrogen (secondary N) is 1. The van der Waals surface area contributed by atoms with Crippen LogP contribution in [0.15, 0.2) is 12.3 Å². The van der Waals surface area contributed by atoms with E-state index < -0.39 is 24.5 Å². The minimum Gasteiger partial charge on any atom is -0.455 e. The molecule has 2 aliphatic heterocycles. The van der Waals surface area contributed by atoms with Gasteiger partial charge in [0.05, 0.1) is 6.61 Å². The lowest BCUT2D eigenvalue weighted by Crippen LogP contribution is -2.39. The van der Waals surface area contributed by atoms with Gasteiger partial charge in [0.25, 0.3) is 0 Å². The zero-order valence-corrected chi connectivity index (χ0v) is 17.7. The smallest absolute Gasteiger partial charge is 0.306 e. The molecule has 0 bridgehead atoms. The Morgan fingerprint density at radius 2 is 1.93 bits per heavy atom. The maximum absolute atomic E-state index is 12.3. The number of fused-ring (bicyclic) bond motifs is 3. The van der Waals surface area contributed by atoms with Gasteiger partial charge in [-0.05, 0) is 12.5 Å². The number of aromatic nitrogens is 2. The Balaban J connectivity index is 0.00000300. The van der Waals surface area contributed by atoms with Crippen LogP contribution >= 0.6 is 12.4 Å². The second-order valence-corrected chi connectivity index (χ2v) is 7.51. The van der Waals surface area contributed by atoms with Gasteiger partial charge in [-0.25, -0.2) is 0 Å². The van der Waals surface area contributed by atoms with E-state index >= 15 is 0 Å². The number of unbranched alkanes of at least 4 members (excludes halogenated alkanes) is 7. The van der Waals surface area contributed by atoms with Crippen molar-refractivity contribution >= 4 is 18.4 Å². The Morgan fingerprint density at radius 1 is 1.24 bits per heavy atom. The van der Waals surface area contributed by atoms with Gasteiger partial charge in [-0.2, -0.15) is 4.98 Å². The number of carbonyl (C=O) groups is 1. The van der Waals surface area contributed by atoms with Gasteiger partial charge >= 0.3 is 12.0 Å². The standard InChI is InChI=1S/C20H31N3O5.ClH/c1-2-3-4-5-6-7-8-9-10-16(25)27-17-14(13-24)26-19-18(17)28-20-22-15(21)11-12-23(19)20;/h11-12,14,17-19,21,24H,2-10,13H2,1H3;1H/t14-,17-,18+,19-;/m1./s1. The lowest BCUT2D eigenvalue weighted by molar-refractivity contribution is -0.156.